The SMILES string of the molecule is COc1cc(C(O)c2c(F)cccc2Cl)c(OC)cc1Br. The molecule has 0 aliphatic carbocycles. The normalized spacial score (nSPS) is 12.1. The van der Waals surface area contributed by atoms with Crippen LogP contribution in [0.25, 0.3) is 0 Å². The number of ether oxygens (including phenoxy) is 2. The Bertz CT molecular complexity index is 643. The van der Waals surface area contributed by atoms with Gasteiger partial charge in [-0.3, -0.25) is 0 Å². The Hall–Kier alpha value is -1.30. The molecule has 0 heterocycles. The summed E-state index contributed by atoms with van der Waals surface area (Å²) in [5, 5.41) is 10.6. The minimum absolute atomic E-state index is 0.00171. The molecule has 2 aromatic carbocycles. The fourth-order valence-electron chi connectivity index (χ4n) is 2.03. The second-order valence-corrected chi connectivity index (χ2v) is 5.53. The van der Waals surface area contributed by atoms with Crippen LogP contribution in [0.4, 0.5) is 4.39 Å². The van der Waals surface area contributed by atoms with Crippen LogP contribution in [0, 0.1) is 5.82 Å². The maximum Gasteiger partial charge on any atom is 0.133 e. The van der Waals surface area contributed by atoms with Gasteiger partial charge in [0.25, 0.3) is 0 Å². The third-order valence-corrected chi connectivity index (χ3v) is 4.02. The van der Waals surface area contributed by atoms with E-state index >= 15 is 0 Å². The first-order valence-electron chi connectivity index (χ1n) is 6.03. The van der Waals surface area contributed by atoms with Gasteiger partial charge in [0.1, 0.15) is 23.4 Å². The topological polar surface area (TPSA) is 38.7 Å². The highest BCUT2D eigenvalue weighted by Gasteiger charge is 2.23. The van der Waals surface area contributed by atoms with Crippen molar-refractivity contribution in [1.29, 1.82) is 0 Å². The van der Waals surface area contributed by atoms with Crippen molar-refractivity contribution in [2.45, 2.75) is 6.10 Å². The molecule has 2 rings (SSSR count). The van der Waals surface area contributed by atoms with E-state index in [4.69, 9.17) is 21.1 Å². The first kappa shape index (κ1) is 16.1. The summed E-state index contributed by atoms with van der Waals surface area (Å²) in [5.41, 5.74) is 0.367. The lowest BCUT2D eigenvalue weighted by atomic mass is 9.99. The fraction of sp³-hybridized carbons (Fsp3) is 0.200. The highest BCUT2D eigenvalue weighted by molar-refractivity contribution is 9.10. The van der Waals surface area contributed by atoms with Crippen LogP contribution in [0.3, 0.4) is 0 Å². The molecule has 1 unspecified atom stereocenters. The molecule has 0 bridgehead atoms. The highest BCUT2D eigenvalue weighted by Crippen LogP contribution is 2.40. The number of aliphatic hydroxyl groups excluding tert-OH is 1. The van der Waals surface area contributed by atoms with Gasteiger partial charge in [-0.2, -0.15) is 0 Å². The van der Waals surface area contributed by atoms with Gasteiger partial charge in [0.05, 0.1) is 18.7 Å². The second kappa shape index (κ2) is 6.64. The summed E-state index contributed by atoms with van der Waals surface area (Å²) >= 11 is 9.32. The van der Waals surface area contributed by atoms with Gasteiger partial charge >= 0.3 is 0 Å². The third-order valence-electron chi connectivity index (χ3n) is 3.07. The molecule has 0 spiro atoms. The third kappa shape index (κ3) is 3.15. The van der Waals surface area contributed by atoms with Crippen LogP contribution in [-0.4, -0.2) is 19.3 Å². The molecule has 1 atom stereocenters. The van der Waals surface area contributed by atoms with Crippen LogP contribution in [0.15, 0.2) is 34.8 Å². The Kier molecular flexibility index (Phi) is 5.08. The molecule has 0 radical (unpaired) electrons. The van der Waals surface area contributed by atoms with Crippen molar-refractivity contribution in [3.8, 4) is 11.5 Å². The number of hydrogen-bond donors (Lipinski definition) is 1. The maximum atomic E-state index is 14.0. The zero-order valence-corrected chi connectivity index (χ0v) is 13.7. The summed E-state index contributed by atoms with van der Waals surface area (Å²) in [6, 6.07) is 7.47. The van der Waals surface area contributed by atoms with Gasteiger partial charge in [0.15, 0.2) is 0 Å². The van der Waals surface area contributed by atoms with Gasteiger partial charge in [-0.25, -0.2) is 4.39 Å². The molecular formula is C15H13BrClFO3. The van der Waals surface area contributed by atoms with Gasteiger partial charge < -0.3 is 14.6 Å². The molecule has 0 fully saturated rings. The van der Waals surface area contributed by atoms with Gasteiger partial charge in [0, 0.05) is 16.1 Å². The van der Waals surface area contributed by atoms with E-state index in [1.807, 2.05) is 0 Å². The minimum Gasteiger partial charge on any atom is -0.496 e. The molecule has 21 heavy (non-hydrogen) atoms. The Morgan fingerprint density at radius 2 is 1.86 bits per heavy atom. The van der Waals surface area contributed by atoms with Gasteiger partial charge in [-0.05, 0) is 40.2 Å². The first-order chi connectivity index (χ1) is 9.99. The summed E-state index contributed by atoms with van der Waals surface area (Å²) in [4.78, 5) is 0. The minimum atomic E-state index is -1.27. The van der Waals surface area contributed by atoms with E-state index in [9.17, 15) is 9.50 Å². The highest BCUT2D eigenvalue weighted by atomic mass is 79.9. The average Bonchev–Trinajstić information content (AvgIpc) is 2.46. The van der Waals surface area contributed by atoms with E-state index in [-0.39, 0.29) is 10.6 Å². The van der Waals surface area contributed by atoms with Crippen molar-refractivity contribution in [2.75, 3.05) is 14.2 Å². The first-order valence-corrected chi connectivity index (χ1v) is 7.20. The lowest BCUT2D eigenvalue weighted by molar-refractivity contribution is 0.209. The molecule has 0 aliphatic rings. The molecule has 0 saturated carbocycles. The van der Waals surface area contributed by atoms with Crippen molar-refractivity contribution in [3.05, 3.63) is 56.8 Å². The number of methoxy groups -OCH3 is 2. The number of rotatable bonds is 4. The van der Waals surface area contributed by atoms with E-state index in [0.717, 1.165) is 0 Å². The lowest BCUT2D eigenvalue weighted by Crippen LogP contribution is -2.06. The largest absolute Gasteiger partial charge is 0.496 e. The zero-order valence-electron chi connectivity index (χ0n) is 11.4. The molecule has 2 aromatic rings. The predicted octanol–water partition coefficient (Wildman–Crippen LogP) is 4.34. The summed E-state index contributed by atoms with van der Waals surface area (Å²) in [6.45, 7) is 0. The van der Waals surface area contributed by atoms with E-state index < -0.39 is 11.9 Å². The van der Waals surface area contributed by atoms with Crippen molar-refractivity contribution in [2.24, 2.45) is 0 Å². The quantitative estimate of drug-likeness (QED) is 0.864. The van der Waals surface area contributed by atoms with Crippen LogP contribution in [0.5, 0.6) is 11.5 Å². The molecule has 1 N–H and O–H groups in total. The van der Waals surface area contributed by atoms with Crippen LogP contribution < -0.4 is 9.47 Å². The lowest BCUT2D eigenvalue weighted by Gasteiger charge is -2.18. The zero-order chi connectivity index (χ0) is 15.6. The van der Waals surface area contributed by atoms with Gasteiger partial charge in [-0.1, -0.05) is 17.7 Å². The molecule has 0 saturated heterocycles. The summed E-state index contributed by atoms with van der Waals surface area (Å²) in [5.74, 6) is 0.311. The Balaban J connectivity index is 2.59. The van der Waals surface area contributed by atoms with E-state index in [0.29, 0.717) is 21.5 Å². The van der Waals surface area contributed by atoms with Crippen molar-refractivity contribution < 1.29 is 19.0 Å². The monoisotopic (exact) mass is 374 g/mol. The average molecular weight is 376 g/mol. The standard InChI is InChI=1S/C15H13BrClFO3/c1-20-12-7-9(16)13(21-2)6-8(12)15(19)14-10(17)4-3-5-11(14)18/h3-7,15,19H,1-2H3. The number of hydrogen-bond acceptors (Lipinski definition) is 3. The predicted molar refractivity (Wildman–Crippen MR) is 82.7 cm³/mol. The van der Waals surface area contributed by atoms with Crippen molar-refractivity contribution in [1.82, 2.24) is 0 Å². The van der Waals surface area contributed by atoms with Gasteiger partial charge in [-0.15, -0.1) is 0 Å². The Labute approximate surface area is 135 Å². The molecule has 112 valence electrons. The molecule has 3 nitrogen and oxygen atoms in total. The van der Waals surface area contributed by atoms with E-state index in [1.165, 1.54) is 32.4 Å². The smallest absolute Gasteiger partial charge is 0.133 e. The summed E-state index contributed by atoms with van der Waals surface area (Å²) < 4.78 is 25.1. The van der Waals surface area contributed by atoms with E-state index in [1.54, 1.807) is 12.1 Å². The summed E-state index contributed by atoms with van der Waals surface area (Å²) in [6.07, 6.45) is -1.27. The van der Waals surface area contributed by atoms with E-state index in [2.05, 4.69) is 15.9 Å². The summed E-state index contributed by atoms with van der Waals surface area (Å²) in [7, 11) is 2.96. The van der Waals surface area contributed by atoms with Crippen LogP contribution in [0.1, 0.15) is 17.2 Å². The van der Waals surface area contributed by atoms with Crippen molar-refractivity contribution in [3.63, 3.8) is 0 Å². The van der Waals surface area contributed by atoms with Crippen LogP contribution in [0.2, 0.25) is 5.02 Å². The molecule has 0 aliphatic heterocycles. The fourth-order valence-corrected chi connectivity index (χ4v) is 2.78. The van der Waals surface area contributed by atoms with Crippen molar-refractivity contribution >= 4 is 27.5 Å². The molecule has 6 heteroatoms. The number of aliphatic hydroxyl groups is 1. The molecule has 0 amide bonds. The van der Waals surface area contributed by atoms with Crippen LogP contribution in [-0.2, 0) is 0 Å². The Morgan fingerprint density at radius 3 is 2.43 bits per heavy atom. The maximum absolute atomic E-state index is 14.0. The second-order valence-electron chi connectivity index (χ2n) is 4.27. The molecular weight excluding hydrogens is 363 g/mol. The number of benzene rings is 2. The molecule has 0 aromatic heterocycles. The number of halogens is 3. The van der Waals surface area contributed by atoms with Gasteiger partial charge in [0.2, 0.25) is 0 Å². The Morgan fingerprint density at radius 1 is 1.19 bits per heavy atom. The van der Waals surface area contributed by atoms with Crippen LogP contribution >= 0.6 is 27.5 Å².